The Bertz CT molecular complexity index is 435. The van der Waals surface area contributed by atoms with E-state index in [4.69, 9.17) is 11.6 Å². The van der Waals surface area contributed by atoms with Crippen molar-refractivity contribution in [2.75, 3.05) is 6.54 Å². The first-order chi connectivity index (χ1) is 8.09. The molecule has 1 unspecified atom stereocenters. The highest BCUT2D eigenvalue weighted by Crippen LogP contribution is 2.25. The van der Waals surface area contributed by atoms with Crippen molar-refractivity contribution in [1.29, 1.82) is 0 Å². The molecule has 1 saturated heterocycles. The van der Waals surface area contributed by atoms with Crippen LogP contribution in [0.1, 0.15) is 36.5 Å². The van der Waals surface area contributed by atoms with E-state index >= 15 is 0 Å². The number of carbonyl (C=O) groups is 1. The summed E-state index contributed by atoms with van der Waals surface area (Å²) >= 11 is 9.28. The van der Waals surface area contributed by atoms with Gasteiger partial charge in [0.25, 0.3) is 5.91 Å². The molecular weight excluding hydrogens is 302 g/mol. The van der Waals surface area contributed by atoms with Gasteiger partial charge in [0.05, 0.1) is 5.02 Å². The fourth-order valence-electron chi connectivity index (χ4n) is 2.19. The second kappa shape index (κ2) is 5.40. The molecule has 0 spiro atoms. The molecule has 0 N–H and O–H groups in total. The van der Waals surface area contributed by atoms with Crippen LogP contribution in [0.3, 0.4) is 0 Å². The molecule has 1 atom stereocenters. The molecule has 1 aliphatic heterocycles. The van der Waals surface area contributed by atoms with Gasteiger partial charge < -0.3 is 4.90 Å². The van der Waals surface area contributed by atoms with Gasteiger partial charge >= 0.3 is 0 Å². The molecule has 0 aliphatic carbocycles. The molecule has 1 heterocycles. The van der Waals surface area contributed by atoms with Gasteiger partial charge in [-0.25, -0.2) is 0 Å². The number of halogens is 2. The monoisotopic (exact) mass is 315 g/mol. The van der Waals surface area contributed by atoms with Crippen molar-refractivity contribution in [3.63, 3.8) is 0 Å². The summed E-state index contributed by atoms with van der Waals surface area (Å²) in [5.41, 5.74) is 0.704. The first-order valence-electron chi connectivity index (χ1n) is 5.85. The van der Waals surface area contributed by atoms with Gasteiger partial charge in [-0.3, -0.25) is 4.79 Å². The van der Waals surface area contributed by atoms with E-state index in [0.717, 1.165) is 23.9 Å². The van der Waals surface area contributed by atoms with E-state index in [2.05, 4.69) is 22.9 Å². The maximum absolute atomic E-state index is 12.3. The fraction of sp³-hybridized carbons (Fsp3) is 0.462. The number of rotatable bonds is 1. The van der Waals surface area contributed by atoms with Gasteiger partial charge in [-0.1, -0.05) is 11.6 Å². The molecule has 92 valence electrons. The SMILES string of the molecule is CC1CCCCN1C(=O)c1ccc(Cl)c(Br)c1. The normalized spacial score (nSPS) is 20.4. The number of hydrogen-bond acceptors (Lipinski definition) is 1. The van der Waals surface area contributed by atoms with Gasteiger partial charge in [-0.2, -0.15) is 0 Å². The molecular formula is C13H15BrClNO. The zero-order valence-corrected chi connectivity index (χ0v) is 12.1. The first kappa shape index (κ1) is 12.9. The Kier molecular flexibility index (Phi) is 4.10. The van der Waals surface area contributed by atoms with Crippen molar-refractivity contribution >= 4 is 33.4 Å². The summed E-state index contributed by atoms with van der Waals surface area (Å²) in [6.45, 7) is 2.97. The molecule has 2 rings (SSSR count). The molecule has 0 radical (unpaired) electrons. The molecule has 4 heteroatoms. The van der Waals surface area contributed by atoms with Crippen LogP contribution in [0.2, 0.25) is 5.02 Å². The number of nitrogens with zero attached hydrogens (tertiary/aromatic N) is 1. The molecule has 1 amide bonds. The Morgan fingerprint density at radius 3 is 2.88 bits per heavy atom. The maximum atomic E-state index is 12.3. The Morgan fingerprint density at radius 1 is 1.47 bits per heavy atom. The van der Waals surface area contributed by atoms with E-state index in [1.165, 1.54) is 6.42 Å². The van der Waals surface area contributed by atoms with Crippen LogP contribution in [0.15, 0.2) is 22.7 Å². The van der Waals surface area contributed by atoms with Crippen molar-refractivity contribution in [3.8, 4) is 0 Å². The number of piperidine rings is 1. The standard InChI is InChI=1S/C13H15BrClNO/c1-9-4-2-3-7-16(9)13(17)10-5-6-12(15)11(14)8-10/h5-6,8-9H,2-4,7H2,1H3. The van der Waals surface area contributed by atoms with Gasteiger partial charge in [0.2, 0.25) is 0 Å². The summed E-state index contributed by atoms with van der Waals surface area (Å²) in [5, 5.41) is 0.633. The topological polar surface area (TPSA) is 20.3 Å². The molecule has 17 heavy (non-hydrogen) atoms. The minimum Gasteiger partial charge on any atom is -0.336 e. The van der Waals surface area contributed by atoms with Crippen molar-refractivity contribution < 1.29 is 4.79 Å². The quantitative estimate of drug-likeness (QED) is 0.763. The predicted octanol–water partition coefficient (Wildman–Crippen LogP) is 4.12. The number of benzene rings is 1. The highest BCUT2D eigenvalue weighted by atomic mass is 79.9. The minimum atomic E-state index is 0.106. The van der Waals surface area contributed by atoms with E-state index in [-0.39, 0.29) is 5.91 Å². The van der Waals surface area contributed by atoms with Crippen LogP contribution in [-0.2, 0) is 0 Å². The molecule has 0 saturated carbocycles. The molecule has 0 bridgehead atoms. The highest BCUT2D eigenvalue weighted by molar-refractivity contribution is 9.10. The van der Waals surface area contributed by atoms with Crippen LogP contribution in [0, 0.1) is 0 Å². The van der Waals surface area contributed by atoms with E-state index in [1.54, 1.807) is 18.2 Å². The van der Waals surface area contributed by atoms with E-state index in [0.29, 0.717) is 16.6 Å². The number of hydrogen-bond donors (Lipinski definition) is 0. The zero-order valence-electron chi connectivity index (χ0n) is 9.75. The van der Waals surface area contributed by atoms with Crippen LogP contribution in [0.25, 0.3) is 0 Å². The molecule has 1 aromatic carbocycles. The van der Waals surface area contributed by atoms with E-state index in [9.17, 15) is 4.79 Å². The van der Waals surface area contributed by atoms with Crippen molar-refractivity contribution in [1.82, 2.24) is 4.90 Å². The highest BCUT2D eigenvalue weighted by Gasteiger charge is 2.24. The lowest BCUT2D eigenvalue weighted by Gasteiger charge is -2.33. The number of likely N-dealkylation sites (tertiary alicyclic amines) is 1. The summed E-state index contributed by atoms with van der Waals surface area (Å²) < 4.78 is 0.773. The fourth-order valence-corrected chi connectivity index (χ4v) is 2.69. The van der Waals surface area contributed by atoms with Gasteiger partial charge in [-0.15, -0.1) is 0 Å². The van der Waals surface area contributed by atoms with Crippen molar-refractivity contribution in [2.24, 2.45) is 0 Å². The third-order valence-corrected chi connectivity index (χ3v) is 4.44. The Balaban J connectivity index is 2.21. The second-order valence-corrected chi connectivity index (χ2v) is 5.73. The Hall–Kier alpha value is -0.540. The van der Waals surface area contributed by atoms with Crippen LogP contribution in [-0.4, -0.2) is 23.4 Å². The lowest BCUT2D eigenvalue weighted by Crippen LogP contribution is -2.42. The van der Waals surface area contributed by atoms with Gasteiger partial charge in [0.1, 0.15) is 0 Å². The minimum absolute atomic E-state index is 0.106. The second-order valence-electron chi connectivity index (χ2n) is 4.47. The van der Waals surface area contributed by atoms with Crippen molar-refractivity contribution in [3.05, 3.63) is 33.3 Å². The third-order valence-electron chi connectivity index (χ3n) is 3.23. The Morgan fingerprint density at radius 2 is 2.24 bits per heavy atom. The maximum Gasteiger partial charge on any atom is 0.254 e. The van der Waals surface area contributed by atoms with Crippen molar-refractivity contribution in [2.45, 2.75) is 32.2 Å². The smallest absolute Gasteiger partial charge is 0.254 e. The lowest BCUT2D eigenvalue weighted by atomic mass is 10.0. The average Bonchev–Trinajstić information content (AvgIpc) is 2.32. The van der Waals surface area contributed by atoms with Gasteiger partial charge in [0, 0.05) is 22.6 Å². The molecule has 1 aliphatic rings. The molecule has 1 aromatic rings. The molecule has 1 fully saturated rings. The summed E-state index contributed by atoms with van der Waals surface area (Å²) in [7, 11) is 0. The van der Waals surface area contributed by atoms with Crippen LogP contribution >= 0.6 is 27.5 Å². The molecule has 2 nitrogen and oxygen atoms in total. The first-order valence-corrected chi connectivity index (χ1v) is 7.02. The average molecular weight is 317 g/mol. The van der Waals surface area contributed by atoms with Gasteiger partial charge in [0.15, 0.2) is 0 Å². The van der Waals surface area contributed by atoms with E-state index < -0.39 is 0 Å². The van der Waals surface area contributed by atoms with Crippen LogP contribution < -0.4 is 0 Å². The van der Waals surface area contributed by atoms with E-state index in [1.807, 2.05) is 4.90 Å². The summed E-state index contributed by atoms with van der Waals surface area (Å²) in [6, 6.07) is 5.68. The largest absolute Gasteiger partial charge is 0.336 e. The summed E-state index contributed by atoms with van der Waals surface area (Å²) in [6.07, 6.45) is 3.42. The zero-order chi connectivity index (χ0) is 12.4. The predicted molar refractivity (Wildman–Crippen MR) is 73.5 cm³/mol. The number of amides is 1. The summed E-state index contributed by atoms with van der Waals surface area (Å²) in [5.74, 6) is 0.106. The van der Waals surface area contributed by atoms with Crippen LogP contribution in [0.4, 0.5) is 0 Å². The van der Waals surface area contributed by atoms with Gasteiger partial charge in [-0.05, 0) is 60.3 Å². The Labute approximate surface area is 115 Å². The third kappa shape index (κ3) is 2.83. The molecule has 0 aromatic heterocycles. The number of carbonyl (C=O) groups excluding carboxylic acids is 1. The lowest BCUT2D eigenvalue weighted by molar-refractivity contribution is 0.0635. The van der Waals surface area contributed by atoms with Crippen LogP contribution in [0.5, 0.6) is 0 Å². The summed E-state index contributed by atoms with van der Waals surface area (Å²) in [4.78, 5) is 14.3.